The lowest BCUT2D eigenvalue weighted by atomic mass is 9.78. The minimum Gasteiger partial charge on any atom is -0.468 e. The van der Waals surface area contributed by atoms with Crippen LogP contribution in [0.15, 0.2) is 65.2 Å². The minimum atomic E-state index is -1.19. The van der Waals surface area contributed by atoms with E-state index in [4.69, 9.17) is 4.74 Å². The Balaban J connectivity index is 1.82. The number of nitriles is 1. The Morgan fingerprint density at radius 1 is 1.16 bits per heavy atom. The number of nitrogens with zero attached hydrogens (tertiary/aromatic N) is 1. The lowest BCUT2D eigenvalue weighted by molar-refractivity contribution is -0.150. The summed E-state index contributed by atoms with van der Waals surface area (Å²) in [5.74, 6) is -3.56. The van der Waals surface area contributed by atoms with Gasteiger partial charge in [-0.05, 0) is 29.7 Å². The molecular weight excluding hydrogens is 426 g/mol. The molecule has 0 unspecified atom stereocenters. The summed E-state index contributed by atoms with van der Waals surface area (Å²) in [6, 6.07) is 18.5. The number of carbonyl (C=O) groups excluding carboxylic acids is 3. The first kappa shape index (κ1) is 23.1. The van der Waals surface area contributed by atoms with Crippen LogP contribution in [-0.2, 0) is 25.5 Å². The third kappa shape index (κ3) is 5.18. The number of carbonyl (C=O) groups is 3. The Labute approximate surface area is 190 Å². The summed E-state index contributed by atoms with van der Waals surface area (Å²) in [5.41, 5.74) is 2.70. The molecule has 32 heavy (non-hydrogen) atoms. The number of anilines is 1. The van der Waals surface area contributed by atoms with Crippen LogP contribution in [0, 0.1) is 17.2 Å². The van der Waals surface area contributed by atoms with Crippen molar-refractivity contribution in [2.75, 3.05) is 18.2 Å². The van der Waals surface area contributed by atoms with Crippen molar-refractivity contribution in [2.45, 2.75) is 19.3 Å². The van der Waals surface area contributed by atoms with Gasteiger partial charge in [-0.1, -0.05) is 61.2 Å². The number of methoxy groups -OCH3 is 1. The van der Waals surface area contributed by atoms with Gasteiger partial charge in [0.15, 0.2) is 0 Å². The molecule has 1 aliphatic rings. The molecule has 2 amide bonds. The highest BCUT2D eigenvalue weighted by molar-refractivity contribution is 8.03. The molecule has 0 radical (unpaired) electrons. The number of ether oxygens (including phenoxy) is 1. The largest absolute Gasteiger partial charge is 0.468 e. The number of hydrogen-bond acceptors (Lipinski definition) is 6. The third-order valence-corrected chi connectivity index (χ3v) is 6.15. The van der Waals surface area contributed by atoms with Crippen LogP contribution in [0.3, 0.4) is 0 Å². The highest BCUT2D eigenvalue weighted by Crippen LogP contribution is 2.40. The first-order valence-corrected chi connectivity index (χ1v) is 11.1. The van der Waals surface area contributed by atoms with E-state index < -0.39 is 23.7 Å². The molecule has 1 heterocycles. The van der Waals surface area contributed by atoms with Crippen LogP contribution in [0.2, 0.25) is 0 Å². The van der Waals surface area contributed by atoms with Gasteiger partial charge in [-0.15, -0.1) is 0 Å². The maximum absolute atomic E-state index is 12.8. The Bertz CT molecular complexity index is 1070. The van der Waals surface area contributed by atoms with Crippen LogP contribution in [0.4, 0.5) is 5.69 Å². The summed E-state index contributed by atoms with van der Waals surface area (Å²) in [7, 11) is 1.20. The molecule has 3 rings (SSSR count). The number of hydrogen-bond donors (Lipinski definition) is 2. The molecule has 0 saturated carbocycles. The monoisotopic (exact) mass is 449 g/mol. The maximum Gasteiger partial charge on any atom is 0.319 e. The summed E-state index contributed by atoms with van der Waals surface area (Å²) in [4.78, 5) is 37.6. The molecule has 2 aromatic carbocycles. The van der Waals surface area contributed by atoms with Crippen LogP contribution in [0.25, 0.3) is 0 Å². The molecule has 1 aliphatic heterocycles. The zero-order valence-corrected chi connectivity index (χ0v) is 18.6. The number of esters is 1. The van der Waals surface area contributed by atoms with Gasteiger partial charge in [-0.25, -0.2) is 0 Å². The van der Waals surface area contributed by atoms with Gasteiger partial charge < -0.3 is 15.4 Å². The molecule has 0 fully saturated rings. The van der Waals surface area contributed by atoms with E-state index in [0.29, 0.717) is 11.3 Å². The Morgan fingerprint density at radius 2 is 1.84 bits per heavy atom. The smallest absolute Gasteiger partial charge is 0.319 e. The van der Waals surface area contributed by atoms with Crippen molar-refractivity contribution in [2.24, 2.45) is 5.92 Å². The van der Waals surface area contributed by atoms with Gasteiger partial charge in [-0.3, -0.25) is 14.4 Å². The normalized spacial score (nSPS) is 17.8. The SMILES string of the molecule is CCc1ccc(NC(=O)CSC2=C(C#N)[C@@H](c3ccccc3)[C@H](C(=O)OC)C(=O)N2)cc1. The van der Waals surface area contributed by atoms with E-state index in [9.17, 15) is 19.6 Å². The fourth-order valence-corrected chi connectivity index (χ4v) is 4.35. The molecule has 2 aromatic rings. The second kappa shape index (κ2) is 10.6. The van der Waals surface area contributed by atoms with Crippen molar-refractivity contribution in [3.8, 4) is 6.07 Å². The first-order chi connectivity index (χ1) is 15.5. The van der Waals surface area contributed by atoms with Gasteiger partial charge in [0.1, 0.15) is 5.92 Å². The van der Waals surface area contributed by atoms with Crippen molar-refractivity contribution in [3.05, 3.63) is 76.3 Å². The number of rotatable bonds is 7. The molecule has 0 spiro atoms. The van der Waals surface area contributed by atoms with E-state index in [2.05, 4.69) is 23.6 Å². The maximum atomic E-state index is 12.8. The summed E-state index contributed by atoms with van der Waals surface area (Å²) in [6.45, 7) is 2.05. The van der Waals surface area contributed by atoms with Crippen LogP contribution in [0.1, 0.15) is 24.0 Å². The standard InChI is InChI=1S/C24H23N3O4S/c1-3-15-9-11-17(12-10-15)26-19(28)14-32-23-18(13-25)20(16-7-5-4-6-8-16)21(22(29)27-23)24(30)31-2/h4-12,20-21H,3,14H2,1-2H3,(H,26,28)(H,27,29)/t20-,21+/m1/s1. The van der Waals surface area contributed by atoms with Crippen molar-refractivity contribution < 1.29 is 19.1 Å². The van der Waals surface area contributed by atoms with Crippen LogP contribution >= 0.6 is 11.8 Å². The lowest BCUT2D eigenvalue weighted by Crippen LogP contribution is -2.44. The quantitative estimate of drug-likeness (QED) is 0.496. The number of thioether (sulfide) groups is 1. The molecule has 2 N–H and O–H groups in total. The molecule has 2 atom stereocenters. The summed E-state index contributed by atoms with van der Waals surface area (Å²) in [5, 5.41) is 15.6. The van der Waals surface area contributed by atoms with Crippen molar-refractivity contribution >= 4 is 35.2 Å². The van der Waals surface area contributed by atoms with Crippen molar-refractivity contribution in [1.82, 2.24) is 5.32 Å². The van der Waals surface area contributed by atoms with Crippen LogP contribution < -0.4 is 10.6 Å². The second-order valence-corrected chi connectivity index (χ2v) is 8.11. The Morgan fingerprint density at radius 3 is 2.44 bits per heavy atom. The van der Waals surface area contributed by atoms with E-state index >= 15 is 0 Å². The predicted molar refractivity (Wildman–Crippen MR) is 122 cm³/mol. The van der Waals surface area contributed by atoms with E-state index in [1.54, 1.807) is 24.3 Å². The lowest BCUT2D eigenvalue weighted by Gasteiger charge is -2.30. The number of benzene rings is 2. The number of nitrogens with one attached hydrogen (secondary N) is 2. The van der Waals surface area contributed by atoms with Gasteiger partial charge in [0, 0.05) is 11.6 Å². The second-order valence-electron chi connectivity index (χ2n) is 7.12. The van der Waals surface area contributed by atoms with E-state index in [1.807, 2.05) is 30.3 Å². The highest BCUT2D eigenvalue weighted by atomic mass is 32.2. The number of allylic oxidation sites excluding steroid dienone is 1. The van der Waals surface area contributed by atoms with E-state index in [0.717, 1.165) is 18.2 Å². The average molecular weight is 450 g/mol. The topological polar surface area (TPSA) is 108 Å². The molecule has 0 aliphatic carbocycles. The van der Waals surface area contributed by atoms with Crippen molar-refractivity contribution in [1.29, 1.82) is 5.26 Å². The van der Waals surface area contributed by atoms with Crippen molar-refractivity contribution in [3.63, 3.8) is 0 Å². The fourth-order valence-electron chi connectivity index (χ4n) is 3.50. The van der Waals surface area contributed by atoms with Gasteiger partial charge in [0.2, 0.25) is 11.8 Å². The minimum absolute atomic E-state index is 0.0132. The van der Waals surface area contributed by atoms with E-state index in [1.165, 1.54) is 12.7 Å². The highest BCUT2D eigenvalue weighted by Gasteiger charge is 2.44. The molecule has 0 aromatic heterocycles. The third-order valence-electron chi connectivity index (χ3n) is 5.14. The fraction of sp³-hybridized carbons (Fsp3) is 0.250. The Hall–Kier alpha value is -3.57. The Kier molecular flexibility index (Phi) is 7.68. The summed E-state index contributed by atoms with van der Waals surface area (Å²) < 4.78 is 4.82. The first-order valence-electron chi connectivity index (χ1n) is 10.1. The zero-order valence-electron chi connectivity index (χ0n) is 17.8. The van der Waals surface area contributed by atoms with Gasteiger partial charge in [0.05, 0.1) is 29.5 Å². The number of amides is 2. The molecular formula is C24H23N3O4S. The molecule has 164 valence electrons. The molecule has 0 saturated heterocycles. The van der Waals surface area contributed by atoms with Gasteiger partial charge in [0.25, 0.3) is 0 Å². The molecule has 7 nitrogen and oxygen atoms in total. The molecule has 0 bridgehead atoms. The summed E-state index contributed by atoms with van der Waals surface area (Å²) in [6.07, 6.45) is 0.907. The van der Waals surface area contributed by atoms with Crippen LogP contribution in [0.5, 0.6) is 0 Å². The van der Waals surface area contributed by atoms with E-state index in [-0.39, 0.29) is 22.3 Å². The summed E-state index contributed by atoms with van der Waals surface area (Å²) >= 11 is 1.05. The predicted octanol–water partition coefficient (Wildman–Crippen LogP) is 3.36. The molecule has 8 heteroatoms. The van der Waals surface area contributed by atoms with Gasteiger partial charge >= 0.3 is 5.97 Å². The van der Waals surface area contributed by atoms with Crippen LogP contribution in [-0.4, -0.2) is 30.6 Å². The van der Waals surface area contributed by atoms with Gasteiger partial charge in [-0.2, -0.15) is 5.26 Å². The number of aryl methyl sites for hydroxylation is 1. The zero-order chi connectivity index (χ0) is 23.1. The average Bonchev–Trinajstić information content (AvgIpc) is 2.82.